The van der Waals surface area contributed by atoms with Crippen LogP contribution in [0.5, 0.6) is 5.75 Å². The molecule has 0 saturated carbocycles. The van der Waals surface area contributed by atoms with Gasteiger partial charge >= 0.3 is 0 Å². The molecule has 1 heterocycles. The number of anilines is 1. The third kappa shape index (κ3) is 4.29. The summed E-state index contributed by atoms with van der Waals surface area (Å²) in [6.07, 6.45) is 2.59. The Hall–Kier alpha value is -2.16. The number of benzene rings is 2. The van der Waals surface area contributed by atoms with Crippen molar-refractivity contribution >= 4 is 33.2 Å². The van der Waals surface area contributed by atoms with Crippen LogP contribution in [0.25, 0.3) is 0 Å². The SMILES string of the molecule is COc1ccc(C(=O)Nc2ccc(F)c(Cl)c2)cc1S(=O)(=O)N1CCCCC1. The normalized spacial score (nSPS) is 15.2. The Morgan fingerprint density at radius 1 is 1.14 bits per heavy atom. The van der Waals surface area contributed by atoms with Gasteiger partial charge in [-0.05, 0) is 49.2 Å². The number of hydrogen-bond acceptors (Lipinski definition) is 4. The summed E-state index contributed by atoms with van der Waals surface area (Å²) in [7, 11) is -2.41. The van der Waals surface area contributed by atoms with Gasteiger partial charge in [-0.2, -0.15) is 4.31 Å². The minimum absolute atomic E-state index is 0.0540. The largest absolute Gasteiger partial charge is 0.495 e. The monoisotopic (exact) mass is 426 g/mol. The number of carbonyl (C=O) groups is 1. The maximum absolute atomic E-state index is 13.3. The van der Waals surface area contributed by atoms with Gasteiger partial charge in [-0.15, -0.1) is 0 Å². The molecule has 1 fully saturated rings. The summed E-state index contributed by atoms with van der Waals surface area (Å²) >= 11 is 5.73. The zero-order chi connectivity index (χ0) is 20.3. The second kappa shape index (κ2) is 8.46. The summed E-state index contributed by atoms with van der Waals surface area (Å²) in [6.45, 7) is 0.881. The predicted molar refractivity (Wildman–Crippen MR) is 105 cm³/mol. The van der Waals surface area contributed by atoms with Crippen LogP contribution in [0.15, 0.2) is 41.3 Å². The molecular formula is C19H20ClFN2O4S. The van der Waals surface area contributed by atoms with Gasteiger partial charge in [0.2, 0.25) is 10.0 Å². The molecule has 2 aromatic carbocycles. The highest BCUT2D eigenvalue weighted by Gasteiger charge is 2.29. The summed E-state index contributed by atoms with van der Waals surface area (Å²) in [5.74, 6) is -0.966. The minimum Gasteiger partial charge on any atom is -0.495 e. The Labute approximate surface area is 168 Å². The Kier molecular flexibility index (Phi) is 6.22. The van der Waals surface area contributed by atoms with Gasteiger partial charge in [0.1, 0.15) is 16.5 Å². The molecular weight excluding hydrogens is 407 g/mol. The highest BCUT2D eigenvalue weighted by Crippen LogP contribution is 2.30. The molecule has 0 aliphatic carbocycles. The molecule has 150 valence electrons. The van der Waals surface area contributed by atoms with E-state index in [0.29, 0.717) is 18.8 Å². The van der Waals surface area contributed by atoms with Crippen LogP contribution in [0.3, 0.4) is 0 Å². The van der Waals surface area contributed by atoms with E-state index in [1.165, 1.54) is 41.7 Å². The molecule has 0 radical (unpaired) electrons. The van der Waals surface area contributed by atoms with Gasteiger partial charge in [-0.25, -0.2) is 12.8 Å². The summed E-state index contributed by atoms with van der Waals surface area (Å²) in [4.78, 5) is 12.5. The number of sulfonamides is 1. The zero-order valence-electron chi connectivity index (χ0n) is 15.2. The lowest BCUT2D eigenvalue weighted by molar-refractivity contribution is 0.102. The number of piperidine rings is 1. The van der Waals surface area contributed by atoms with Gasteiger partial charge < -0.3 is 10.1 Å². The van der Waals surface area contributed by atoms with E-state index in [0.717, 1.165) is 25.3 Å². The van der Waals surface area contributed by atoms with Gasteiger partial charge in [0.05, 0.1) is 12.1 Å². The molecule has 1 saturated heterocycles. The lowest BCUT2D eigenvalue weighted by atomic mass is 10.2. The highest BCUT2D eigenvalue weighted by molar-refractivity contribution is 7.89. The molecule has 3 rings (SSSR count). The molecule has 1 amide bonds. The van der Waals surface area contributed by atoms with Crippen LogP contribution in [0.1, 0.15) is 29.6 Å². The van der Waals surface area contributed by atoms with Crippen molar-refractivity contribution in [3.63, 3.8) is 0 Å². The van der Waals surface area contributed by atoms with Crippen molar-refractivity contribution in [1.29, 1.82) is 0 Å². The molecule has 28 heavy (non-hydrogen) atoms. The standard InChI is InChI=1S/C19H20ClFN2O4S/c1-27-17-8-5-13(19(24)22-14-6-7-16(21)15(20)12-14)11-18(17)28(25,26)23-9-3-2-4-10-23/h5-8,11-12H,2-4,9-10H2,1H3,(H,22,24). The second-order valence-corrected chi connectivity index (χ2v) is 8.73. The fourth-order valence-corrected chi connectivity index (χ4v) is 4.92. The summed E-state index contributed by atoms with van der Waals surface area (Å²) in [5, 5.41) is 2.46. The molecule has 1 aliphatic heterocycles. The van der Waals surface area contributed by atoms with Crippen LogP contribution >= 0.6 is 11.6 Å². The van der Waals surface area contributed by atoms with E-state index < -0.39 is 21.7 Å². The van der Waals surface area contributed by atoms with Crippen molar-refractivity contribution < 1.29 is 22.3 Å². The molecule has 0 atom stereocenters. The lowest BCUT2D eigenvalue weighted by Crippen LogP contribution is -2.35. The van der Waals surface area contributed by atoms with E-state index in [1.54, 1.807) is 0 Å². The molecule has 0 bridgehead atoms. The number of nitrogens with one attached hydrogen (secondary N) is 1. The fraction of sp³-hybridized carbons (Fsp3) is 0.316. The van der Waals surface area contributed by atoms with Crippen molar-refractivity contribution in [3.8, 4) is 5.75 Å². The number of methoxy groups -OCH3 is 1. The average molecular weight is 427 g/mol. The number of ether oxygens (including phenoxy) is 1. The topological polar surface area (TPSA) is 75.7 Å². The van der Waals surface area contributed by atoms with Crippen LogP contribution in [-0.2, 0) is 10.0 Å². The number of rotatable bonds is 5. The smallest absolute Gasteiger partial charge is 0.255 e. The quantitative estimate of drug-likeness (QED) is 0.786. The lowest BCUT2D eigenvalue weighted by Gasteiger charge is -2.26. The van der Waals surface area contributed by atoms with E-state index in [-0.39, 0.29) is 21.2 Å². The van der Waals surface area contributed by atoms with Crippen molar-refractivity contribution in [3.05, 3.63) is 52.8 Å². The van der Waals surface area contributed by atoms with Crippen molar-refractivity contribution in [2.24, 2.45) is 0 Å². The highest BCUT2D eigenvalue weighted by atomic mass is 35.5. The first-order valence-corrected chi connectivity index (χ1v) is 10.6. The van der Waals surface area contributed by atoms with E-state index in [4.69, 9.17) is 16.3 Å². The third-order valence-corrected chi connectivity index (χ3v) is 6.75. The van der Waals surface area contributed by atoms with Crippen molar-refractivity contribution in [2.75, 3.05) is 25.5 Å². The summed E-state index contributed by atoms with van der Waals surface area (Å²) < 4.78 is 46.0. The molecule has 0 spiro atoms. The van der Waals surface area contributed by atoms with Crippen molar-refractivity contribution in [1.82, 2.24) is 4.31 Å². The molecule has 0 unspecified atom stereocenters. The van der Waals surface area contributed by atoms with Crippen molar-refractivity contribution in [2.45, 2.75) is 24.2 Å². The maximum atomic E-state index is 13.3. The predicted octanol–water partition coefficient (Wildman–Crippen LogP) is 3.91. The van der Waals surface area contributed by atoms with Crippen LogP contribution in [0, 0.1) is 5.82 Å². The van der Waals surface area contributed by atoms with Gasteiger partial charge in [-0.1, -0.05) is 18.0 Å². The van der Waals surface area contributed by atoms with Gasteiger partial charge in [0.15, 0.2) is 0 Å². The minimum atomic E-state index is -3.79. The van der Waals surface area contributed by atoms with E-state index >= 15 is 0 Å². The first kappa shape index (κ1) is 20.6. The van der Waals surface area contributed by atoms with E-state index in [2.05, 4.69) is 5.32 Å². The first-order valence-electron chi connectivity index (χ1n) is 8.77. The maximum Gasteiger partial charge on any atom is 0.255 e. The molecule has 2 aromatic rings. The fourth-order valence-electron chi connectivity index (χ4n) is 3.04. The molecule has 1 N–H and O–H groups in total. The number of amides is 1. The second-order valence-electron chi connectivity index (χ2n) is 6.41. The number of halogens is 2. The molecule has 9 heteroatoms. The number of hydrogen-bond donors (Lipinski definition) is 1. The van der Waals surface area contributed by atoms with Crippen LogP contribution in [0.4, 0.5) is 10.1 Å². The van der Waals surface area contributed by atoms with Gasteiger partial charge in [-0.3, -0.25) is 4.79 Å². The van der Waals surface area contributed by atoms with E-state index in [1.807, 2.05) is 0 Å². The first-order chi connectivity index (χ1) is 13.3. The zero-order valence-corrected chi connectivity index (χ0v) is 16.8. The third-order valence-electron chi connectivity index (χ3n) is 4.54. The number of carbonyl (C=O) groups excluding carboxylic acids is 1. The van der Waals surface area contributed by atoms with Gasteiger partial charge in [0.25, 0.3) is 5.91 Å². The van der Waals surface area contributed by atoms with E-state index in [9.17, 15) is 17.6 Å². The van der Waals surface area contributed by atoms with Crippen LogP contribution in [-0.4, -0.2) is 38.8 Å². The van der Waals surface area contributed by atoms with Crippen LogP contribution < -0.4 is 10.1 Å². The Bertz CT molecular complexity index is 991. The Balaban J connectivity index is 1.91. The molecule has 1 aliphatic rings. The Morgan fingerprint density at radius 2 is 1.86 bits per heavy atom. The summed E-state index contributed by atoms with van der Waals surface area (Å²) in [6, 6.07) is 8.00. The Morgan fingerprint density at radius 3 is 2.50 bits per heavy atom. The molecule has 6 nitrogen and oxygen atoms in total. The van der Waals surface area contributed by atoms with Crippen LogP contribution in [0.2, 0.25) is 5.02 Å². The average Bonchev–Trinajstić information content (AvgIpc) is 2.71. The molecule has 0 aromatic heterocycles. The van der Waals surface area contributed by atoms with Gasteiger partial charge in [0, 0.05) is 24.3 Å². The summed E-state index contributed by atoms with van der Waals surface area (Å²) in [5.41, 5.74) is 0.435. The number of nitrogens with zero attached hydrogens (tertiary/aromatic N) is 1.